The van der Waals surface area contributed by atoms with Crippen molar-refractivity contribution in [3.63, 3.8) is 0 Å². The van der Waals surface area contributed by atoms with Crippen LogP contribution in [0, 0.1) is 12.8 Å². The maximum atomic E-state index is 5.94. The number of unbranched alkanes of at least 4 members (excludes halogenated alkanes) is 1. The van der Waals surface area contributed by atoms with Gasteiger partial charge in [-0.2, -0.15) is 0 Å². The number of hydrogen-bond acceptors (Lipinski definition) is 2. The second-order valence-electron chi connectivity index (χ2n) is 4.61. The van der Waals surface area contributed by atoms with Gasteiger partial charge in [0.2, 0.25) is 0 Å². The van der Waals surface area contributed by atoms with Crippen LogP contribution < -0.4 is 5.73 Å². The van der Waals surface area contributed by atoms with Crippen LogP contribution in [0.3, 0.4) is 0 Å². The van der Waals surface area contributed by atoms with Crippen molar-refractivity contribution in [3.05, 3.63) is 23.4 Å². The van der Waals surface area contributed by atoms with E-state index in [1.807, 2.05) is 0 Å². The fourth-order valence-electron chi connectivity index (χ4n) is 2.11. The summed E-state index contributed by atoms with van der Waals surface area (Å²) in [7, 11) is 0. The van der Waals surface area contributed by atoms with Crippen LogP contribution in [0.2, 0.25) is 0 Å². The quantitative estimate of drug-likeness (QED) is 0.793. The lowest BCUT2D eigenvalue weighted by atomic mass is 9.90. The Kier molecular flexibility index (Phi) is 5.30. The predicted molar refractivity (Wildman–Crippen MR) is 70.4 cm³/mol. The number of nitrogen functional groups attached to an aromatic ring is 1. The molecule has 0 aliphatic rings. The molecule has 0 amide bonds. The summed E-state index contributed by atoms with van der Waals surface area (Å²) >= 11 is 0. The Morgan fingerprint density at radius 2 is 2.12 bits per heavy atom. The van der Waals surface area contributed by atoms with E-state index >= 15 is 0 Å². The summed E-state index contributed by atoms with van der Waals surface area (Å²) < 4.78 is 0. The van der Waals surface area contributed by atoms with Crippen molar-refractivity contribution in [2.75, 3.05) is 5.73 Å². The standard InChI is InChI=1S/C14H24N2/c1-4-6-7-12(5-2)10-13-11(3)8-9-16-14(13)15/h8-9,12H,4-7,10H2,1-3H3,(H2,15,16). The topological polar surface area (TPSA) is 38.9 Å². The summed E-state index contributed by atoms with van der Waals surface area (Å²) in [4.78, 5) is 4.19. The van der Waals surface area contributed by atoms with Gasteiger partial charge in [0.1, 0.15) is 5.82 Å². The zero-order chi connectivity index (χ0) is 12.0. The van der Waals surface area contributed by atoms with Gasteiger partial charge in [0, 0.05) is 6.20 Å². The molecule has 1 aromatic heterocycles. The van der Waals surface area contributed by atoms with Crippen LogP contribution in [0.25, 0.3) is 0 Å². The highest BCUT2D eigenvalue weighted by Gasteiger charge is 2.11. The third kappa shape index (κ3) is 3.51. The molecular weight excluding hydrogens is 196 g/mol. The molecule has 1 atom stereocenters. The third-order valence-corrected chi connectivity index (χ3v) is 3.36. The van der Waals surface area contributed by atoms with E-state index < -0.39 is 0 Å². The summed E-state index contributed by atoms with van der Waals surface area (Å²) in [6.45, 7) is 6.64. The van der Waals surface area contributed by atoms with Crippen LogP contribution in [0.4, 0.5) is 5.82 Å². The molecule has 0 bridgehead atoms. The van der Waals surface area contributed by atoms with E-state index in [0.717, 1.165) is 18.2 Å². The van der Waals surface area contributed by atoms with Crippen molar-refractivity contribution in [2.24, 2.45) is 5.92 Å². The van der Waals surface area contributed by atoms with Crippen molar-refractivity contribution in [1.82, 2.24) is 4.98 Å². The van der Waals surface area contributed by atoms with Crippen LogP contribution in [-0.2, 0) is 6.42 Å². The number of nitrogens with zero attached hydrogens (tertiary/aromatic N) is 1. The van der Waals surface area contributed by atoms with Crippen molar-refractivity contribution in [2.45, 2.75) is 52.9 Å². The van der Waals surface area contributed by atoms with Crippen LogP contribution in [0.15, 0.2) is 12.3 Å². The molecule has 1 unspecified atom stereocenters. The minimum Gasteiger partial charge on any atom is -0.383 e. The molecule has 1 rings (SSSR count). The summed E-state index contributed by atoms with van der Waals surface area (Å²) in [6.07, 6.45) is 8.01. The summed E-state index contributed by atoms with van der Waals surface area (Å²) in [5, 5.41) is 0. The first-order valence-corrected chi connectivity index (χ1v) is 6.39. The van der Waals surface area contributed by atoms with Gasteiger partial charge in [-0.15, -0.1) is 0 Å². The number of aromatic nitrogens is 1. The normalized spacial score (nSPS) is 12.7. The van der Waals surface area contributed by atoms with Crippen molar-refractivity contribution in [3.8, 4) is 0 Å². The number of pyridine rings is 1. The lowest BCUT2D eigenvalue weighted by Crippen LogP contribution is -2.08. The molecule has 90 valence electrons. The van der Waals surface area contributed by atoms with Gasteiger partial charge in [-0.25, -0.2) is 4.98 Å². The molecule has 2 N–H and O–H groups in total. The highest BCUT2D eigenvalue weighted by Crippen LogP contribution is 2.23. The molecule has 1 heterocycles. The minimum absolute atomic E-state index is 0.718. The first-order chi connectivity index (χ1) is 7.69. The van der Waals surface area contributed by atoms with Crippen LogP contribution in [0.5, 0.6) is 0 Å². The fraction of sp³-hybridized carbons (Fsp3) is 0.643. The number of anilines is 1. The van der Waals surface area contributed by atoms with Gasteiger partial charge in [0.25, 0.3) is 0 Å². The Hall–Kier alpha value is -1.05. The van der Waals surface area contributed by atoms with Crippen LogP contribution in [0.1, 0.15) is 50.7 Å². The number of aryl methyl sites for hydroxylation is 1. The van der Waals surface area contributed by atoms with Crippen molar-refractivity contribution < 1.29 is 0 Å². The maximum Gasteiger partial charge on any atom is 0.126 e. The Labute approximate surface area is 99.3 Å². The number of nitrogens with two attached hydrogens (primary N) is 1. The molecule has 2 heteroatoms. The molecule has 0 radical (unpaired) electrons. The van der Waals surface area contributed by atoms with E-state index in [4.69, 9.17) is 5.73 Å². The fourth-order valence-corrected chi connectivity index (χ4v) is 2.11. The van der Waals surface area contributed by atoms with Crippen LogP contribution >= 0.6 is 0 Å². The van der Waals surface area contributed by atoms with Crippen molar-refractivity contribution in [1.29, 1.82) is 0 Å². The predicted octanol–water partition coefficient (Wildman–Crippen LogP) is 3.73. The maximum absolute atomic E-state index is 5.94. The minimum atomic E-state index is 0.718. The molecule has 0 spiro atoms. The molecule has 1 aromatic rings. The lowest BCUT2D eigenvalue weighted by Gasteiger charge is -2.16. The molecule has 0 aliphatic carbocycles. The van der Waals surface area contributed by atoms with E-state index in [9.17, 15) is 0 Å². The lowest BCUT2D eigenvalue weighted by molar-refractivity contribution is 0.448. The molecule has 0 aliphatic heterocycles. The Morgan fingerprint density at radius 1 is 1.38 bits per heavy atom. The number of hydrogen-bond donors (Lipinski definition) is 1. The first kappa shape index (κ1) is 13.0. The van der Waals surface area contributed by atoms with Gasteiger partial charge in [0.15, 0.2) is 0 Å². The average molecular weight is 220 g/mol. The van der Waals surface area contributed by atoms with Gasteiger partial charge >= 0.3 is 0 Å². The van der Waals surface area contributed by atoms with Gasteiger partial charge in [-0.3, -0.25) is 0 Å². The summed E-state index contributed by atoms with van der Waals surface area (Å²) in [6, 6.07) is 2.05. The van der Waals surface area contributed by atoms with E-state index in [1.165, 1.54) is 36.8 Å². The molecule has 0 saturated heterocycles. The molecule has 0 saturated carbocycles. The molecule has 2 nitrogen and oxygen atoms in total. The van der Waals surface area contributed by atoms with Gasteiger partial charge < -0.3 is 5.73 Å². The second-order valence-corrected chi connectivity index (χ2v) is 4.61. The van der Waals surface area contributed by atoms with E-state index in [-0.39, 0.29) is 0 Å². The zero-order valence-corrected chi connectivity index (χ0v) is 10.8. The average Bonchev–Trinajstić information content (AvgIpc) is 2.28. The van der Waals surface area contributed by atoms with E-state index in [2.05, 4.69) is 31.8 Å². The molecule has 16 heavy (non-hydrogen) atoms. The summed E-state index contributed by atoms with van der Waals surface area (Å²) in [5.74, 6) is 1.47. The number of rotatable bonds is 6. The first-order valence-electron chi connectivity index (χ1n) is 6.39. The molecular formula is C14H24N2. The second kappa shape index (κ2) is 6.51. The van der Waals surface area contributed by atoms with E-state index in [0.29, 0.717) is 0 Å². The van der Waals surface area contributed by atoms with Crippen LogP contribution in [-0.4, -0.2) is 4.98 Å². The Balaban J connectivity index is 2.69. The smallest absolute Gasteiger partial charge is 0.126 e. The summed E-state index contributed by atoms with van der Waals surface area (Å²) in [5.41, 5.74) is 8.48. The Bertz CT molecular complexity index is 300. The van der Waals surface area contributed by atoms with E-state index in [1.54, 1.807) is 6.20 Å². The van der Waals surface area contributed by atoms with Gasteiger partial charge in [-0.05, 0) is 36.5 Å². The van der Waals surface area contributed by atoms with Gasteiger partial charge in [0.05, 0.1) is 0 Å². The zero-order valence-electron chi connectivity index (χ0n) is 10.8. The monoisotopic (exact) mass is 220 g/mol. The third-order valence-electron chi connectivity index (χ3n) is 3.36. The molecule has 0 aromatic carbocycles. The Morgan fingerprint density at radius 3 is 2.69 bits per heavy atom. The highest BCUT2D eigenvalue weighted by molar-refractivity contribution is 5.43. The SMILES string of the molecule is CCCCC(CC)Cc1c(C)ccnc1N. The van der Waals surface area contributed by atoms with Crippen molar-refractivity contribution >= 4 is 5.82 Å². The highest BCUT2D eigenvalue weighted by atomic mass is 14.8. The molecule has 0 fully saturated rings. The van der Waals surface area contributed by atoms with Gasteiger partial charge in [-0.1, -0.05) is 39.5 Å². The largest absolute Gasteiger partial charge is 0.383 e.